The molecule has 7 aliphatic heterocycles. The predicted octanol–water partition coefficient (Wildman–Crippen LogP) is 11.8. The summed E-state index contributed by atoms with van der Waals surface area (Å²) >= 11 is 5.88. The number of anilines is 7. The Bertz CT molecular complexity index is 5800. The van der Waals surface area contributed by atoms with Gasteiger partial charge < -0.3 is 65.4 Å². The molecule has 7 saturated heterocycles. The van der Waals surface area contributed by atoms with E-state index in [0.717, 1.165) is 120 Å². The zero-order valence-electron chi connectivity index (χ0n) is 74.6. The second-order valence-electron chi connectivity index (χ2n) is 35.7. The SMILES string of the molecule is C#Cc1cnc(C(=O)Nc2ccc(C3CN(C)C(=O)N(C)C3)nc2N2CCC(C)(C)CC2)[nH]1.CCN1CC(c2ccc(NC(=O)c3ncc(Cl)[nH]3)c(N3CCC(C)CC3)n2)CN(CC)S1(=O)=O.[C-]#[N+]c1cnc(C(=O)Nc2ccc(C3CC(=O)NC(=O)C3)nc2C2=CCC(C)(C)CC2)[nH]1.[C-]#[N+]c1cnc(C(=O)Nc2ccc(C3CC(=O)NC(=O)C3)nc2N2CCC(C)CC2)[nH]1. The van der Waals surface area contributed by atoms with E-state index in [0.29, 0.717) is 108 Å². The van der Waals surface area contributed by atoms with Crippen LogP contribution in [-0.2, 0) is 29.4 Å². The molecule has 0 radical (unpaired) electrons. The molecule has 8 aromatic rings. The Morgan fingerprint density at radius 1 is 0.508 bits per heavy atom. The number of rotatable bonds is 18. The van der Waals surface area contributed by atoms with Crippen molar-refractivity contribution in [3.63, 3.8) is 0 Å². The number of amides is 10. The maximum Gasteiger partial charge on any atom is 0.319 e. The third kappa shape index (κ3) is 23.2. The predicted molar refractivity (Wildman–Crippen MR) is 490 cm³/mol. The van der Waals surface area contributed by atoms with Crippen molar-refractivity contribution < 1.29 is 51.6 Å². The van der Waals surface area contributed by atoms with Crippen LogP contribution in [0.15, 0.2) is 79.4 Å². The molecular weight excluding hydrogens is 1700 g/mol. The Morgan fingerprint density at radius 2 is 0.885 bits per heavy atom. The molecule has 684 valence electrons. The molecule has 1 aliphatic carbocycles. The van der Waals surface area contributed by atoms with E-state index in [1.165, 1.54) is 33.4 Å². The van der Waals surface area contributed by atoms with E-state index in [4.69, 9.17) is 51.1 Å². The molecule has 10 amide bonds. The number of piperidine rings is 5. The number of pyridine rings is 4. The molecule has 8 aromatic heterocycles. The van der Waals surface area contributed by atoms with E-state index >= 15 is 0 Å². The topological polar surface area (TPSA) is 458 Å². The third-order valence-electron chi connectivity index (χ3n) is 24.8. The maximum absolute atomic E-state index is 12.8. The largest absolute Gasteiger partial charge is 0.363 e. The highest BCUT2D eigenvalue weighted by molar-refractivity contribution is 7.86. The average molecular weight is 1810 g/mol. The van der Waals surface area contributed by atoms with E-state index in [9.17, 15) is 51.6 Å². The van der Waals surface area contributed by atoms with Gasteiger partial charge in [0.2, 0.25) is 35.3 Å². The number of carbonyl (C=O) groups excluding carboxylic acids is 9. The van der Waals surface area contributed by atoms with Crippen molar-refractivity contribution in [3.8, 4) is 12.3 Å². The first-order valence-corrected chi connectivity index (χ1v) is 45.5. The molecule has 0 aromatic carbocycles. The number of allylic oxidation sites excluding steroid dienone is 2. The van der Waals surface area contributed by atoms with Crippen LogP contribution in [0.4, 0.5) is 56.6 Å². The van der Waals surface area contributed by atoms with E-state index < -0.39 is 27.9 Å². The minimum absolute atomic E-state index is 0.0124. The highest BCUT2D eigenvalue weighted by Crippen LogP contribution is 2.43. The smallest absolute Gasteiger partial charge is 0.319 e. The van der Waals surface area contributed by atoms with Gasteiger partial charge in [-0.2, -0.15) is 17.0 Å². The Labute approximate surface area is 759 Å². The van der Waals surface area contributed by atoms with Gasteiger partial charge in [0.05, 0.1) is 53.2 Å². The van der Waals surface area contributed by atoms with Crippen molar-refractivity contribution in [1.29, 1.82) is 0 Å². The summed E-state index contributed by atoms with van der Waals surface area (Å²) in [6.45, 7) is 39.0. The lowest BCUT2D eigenvalue weighted by Crippen LogP contribution is -2.52. The molecule has 0 saturated carbocycles. The molecule has 0 unspecified atom stereocenters. The summed E-state index contributed by atoms with van der Waals surface area (Å²) in [6.07, 6.45) is 22.6. The van der Waals surface area contributed by atoms with Crippen molar-refractivity contribution in [3.05, 3.63) is 165 Å². The fourth-order valence-electron chi connectivity index (χ4n) is 16.8. The van der Waals surface area contributed by atoms with Crippen LogP contribution >= 0.6 is 11.6 Å². The van der Waals surface area contributed by atoms with Crippen LogP contribution in [0.25, 0.3) is 15.3 Å². The second-order valence-corrected chi connectivity index (χ2v) is 38.0. The number of terminal acetylenes is 1. The summed E-state index contributed by atoms with van der Waals surface area (Å²) < 4.78 is 28.5. The van der Waals surface area contributed by atoms with Crippen LogP contribution in [-0.4, -0.2) is 233 Å². The van der Waals surface area contributed by atoms with Gasteiger partial charge in [0.15, 0.2) is 29.1 Å². The first kappa shape index (κ1) is 94.3. The van der Waals surface area contributed by atoms with Gasteiger partial charge in [-0.1, -0.05) is 92.1 Å². The first-order valence-electron chi connectivity index (χ1n) is 43.7. The molecule has 130 heavy (non-hydrogen) atoms. The van der Waals surface area contributed by atoms with E-state index in [1.54, 1.807) is 48.2 Å². The minimum Gasteiger partial charge on any atom is -0.363 e. The molecule has 10 N–H and O–H groups in total. The fraction of sp³-hybridized carbons (Fsp3) is 0.478. The zero-order chi connectivity index (χ0) is 93.0. The van der Waals surface area contributed by atoms with E-state index in [2.05, 4.69) is 150 Å². The normalized spacial score (nSPS) is 19.0. The minimum atomic E-state index is -3.44. The van der Waals surface area contributed by atoms with Crippen molar-refractivity contribution in [1.82, 2.24) is 88.9 Å². The first-order chi connectivity index (χ1) is 62.0. The number of carbonyl (C=O) groups is 9. The van der Waals surface area contributed by atoms with Crippen LogP contribution < -0.4 is 46.6 Å². The van der Waals surface area contributed by atoms with Gasteiger partial charge in [0, 0.05) is 165 Å². The van der Waals surface area contributed by atoms with E-state index in [1.807, 2.05) is 38.1 Å². The van der Waals surface area contributed by atoms with Gasteiger partial charge in [0.25, 0.3) is 33.7 Å². The number of imide groups is 2. The second kappa shape index (κ2) is 41.0. The molecule has 0 spiro atoms. The number of hydrogen-bond donors (Lipinski definition) is 10. The summed E-state index contributed by atoms with van der Waals surface area (Å²) in [5, 5.41) is 16.5. The summed E-state index contributed by atoms with van der Waals surface area (Å²) in [5.41, 5.74) is 7.91. The van der Waals surface area contributed by atoms with Gasteiger partial charge >= 0.3 is 17.8 Å². The van der Waals surface area contributed by atoms with Crippen molar-refractivity contribution in [2.45, 2.75) is 163 Å². The Balaban J connectivity index is 0.000000148. The standard InChI is InChI=1S/C24H31N7O2.C23H24N6O3.C22H32ClN7O3S.C21H23N7O3/c1-6-17-13-25-20(26-17)22(32)28-19-8-7-18(16-14-29(4)23(33)30(5)15-16)27-21(19)31-11-9-24(2,3)10-12-31;1-23(2)8-6-13(7-9-23)20-16(27-22(32)21-25-12-17(24-3)28-21)5-4-15(26-20)14-10-18(30)29-19(31)11-14;1-4-29-13-16(14-30(5-2)34(29,32)33)17-6-7-18(26-22(31)20-24-12-19(23)27-20)21(25-17)28-10-8-15(3)9-11-28;1-12-5-7-28(8-6-12)20-15(25-21(31)19-23-11-16(22-2)26-19)4-3-14(24-20)13-9-17(29)27-18(30)10-13/h1,7-8,13,16H,9-12,14-15H2,2-5H3,(H,25,26)(H,28,32);4-6,12,14H,7-11H2,1-2H3,(H,25,28)(H,27,32)(H,29,30,31);6-7,12,15-16H,4-5,8-11,13-14H2,1-3H3,(H,24,27)(H,26,31);3-4,11-13H,5-10H2,1H3,(H,23,26)(H,25,31)(H,27,29,30). The summed E-state index contributed by atoms with van der Waals surface area (Å²) in [7, 11) is 0.169. The van der Waals surface area contributed by atoms with Crippen LogP contribution in [0.5, 0.6) is 0 Å². The number of urea groups is 1. The van der Waals surface area contributed by atoms with Gasteiger partial charge in [-0.3, -0.25) is 63.9 Å². The molecule has 0 atom stereocenters. The lowest BCUT2D eigenvalue weighted by atomic mass is 9.77. The summed E-state index contributed by atoms with van der Waals surface area (Å²) in [4.78, 5) is 173. The number of H-pyrrole nitrogens is 4. The molecule has 38 nitrogen and oxygen atoms in total. The van der Waals surface area contributed by atoms with Gasteiger partial charge in [0.1, 0.15) is 10.8 Å². The summed E-state index contributed by atoms with van der Waals surface area (Å²) in [6, 6.07) is 14.6. The number of nitrogens with one attached hydrogen (secondary N) is 10. The Morgan fingerprint density at radius 3 is 1.27 bits per heavy atom. The van der Waals surface area contributed by atoms with Crippen molar-refractivity contribution in [2.75, 3.05) is 129 Å². The zero-order valence-corrected chi connectivity index (χ0v) is 76.2. The average Bonchev–Trinajstić information content (AvgIpc) is 0.949. The van der Waals surface area contributed by atoms with Crippen LogP contribution in [0.2, 0.25) is 5.15 Å². The fourth-order valence-corrected chi connectivity index (χ4v) is 18.7. The Kier molecular flexibility index (Phi) is 29.7. The van der Waals surface area contributed by atoms with Crippen molar-refractivity contribution >= 4 is 133 Å². The molecule has 7 fully saturated rings. The van der Waals surface area contributed by atoms with Crippen LogP contribution in [0.3, 0.4) is 0 Å². The van der Waals surface area contributed by atoms with Crippen LogP contribution in [0.1, 0.15) is 239 Å². The number of imidazole rings is 4. The quantitative estimate of drug-likeness (QED) is 0.0217. The molecule has 8 aliphatic rings. The highest BCUT2D eigenvalue weighted by Gasteiger charge is 2.40. The van der Waals surface area contributed by atoms with Gasteiger partial charge in [-0.15, -0.1) is 6.42 Å². The number of aromatic nitrogens is 12. The molecule has 0 bridgehead atoms. The number of likely N-dealkylation sites (N-methyl/N-ethyl adjacent to an activating group) is 4. The van der Waals surface area contributed by atoms with Crippen LogP contribution in [0, 0.1) is 48.2 Å². The monoisotopic (exact) mass is 1810 g/mol. The number of halogens is 1. The summed E-state index contributed by atoms with van der Waals surface area (Å²) in [5.74, 6) is 3.01. The van der Waals surface area contributed by atoms with Crippen molar-refractivity contribution in [2.24, 2.45) is 22.7 Å². The van der Waals surface area contributed by atoms with E-state index in [-0.39, 0.29) is 136 Å². The molecule has 40 heteroatoms. The number of hydrogen-bond acceptors (Lipinski definition) is 22. The number of aromatic amines is 4. The van der Waals surface area contributed by atoms with Gasteiger partial charge in [-0.05, 0) is 135 Å². The van der Waals surface area contributed by atoms with Gasteiger partial charge in [-0.25, -0.2) is 39.7 Å². The lowest BCUT2D eigenvalue weighted by molar-refractivity contribution is -0.135. The third-order valence-corrected chi connectivity index (χ3v) is 27.1. The molecule has 15 heterocycles. The Hall–Kier alpha value is -13.3. The highest BCUT2D eigenvalue weighted by atomic mass is 35.5. The molecular formula is C90H110ClN27O11S. The number of nitrogens with zero attached hydrogens (tertiary/aromatic N) is 17. The maximum atomic E-state index is 12.8. The molecule has 16 rings (SSSR count). The lowest BCUT2D eigenvalue weighted by Gasteiger charge is -2.39.